The number of hydrogen-bond acceptors (Lipinski definition) is 8. The molecule has 1 N–H and O–H groups in total. The van der Waals surface area contributed by atoms with Gasteiger partial charge in [0.05, 0.1) is 28.2 Å². The smallest absolute Gasteiger partial charge is 0.264 e. The molecule has 0 fully saturated rings. The molecule has 1 amide bonds. The lowest BCUT2D eigenvalue weighted by Crippen LogP contribution is -2.45. The molecule has 224 valence electrons. The SMILES string of the molecule is Cc1cccc(C)c1-c1cc2nc(n1)NS(=O)(=O)c1cccc(c1)C(=O)N(Cc1ncc(Cl)cn1)[C@H](CC(C)(C)C)CO2. The number of amides is 1. The second kappa shape index (κ2) is 11.9. The van der Waals surface area contributed by atoms with E-state index in [2.05, 4.69) is 45.4 Å². The highest BCUT2D eigenvalue weighted by molar-refractivity contribution is 7.92. The first-order chi connectivity index (χ1) is 20.3. The Balaban J connectivity index is 1.68. The molecule has 0 spiro atoms. The molecule has 1 aliphatic heterocycles. The van der Waals surface area contributed by atoms with E-state index < -0.39 is 16.1 Å². The minimum Gasteiger partial charge on any atom is -0.475 e. The third kappa shape index (κ3) is 7.11. The largest absolute Gasteiger partial charge is 0.475 e. The number of carbonyl (C=O) groups excluding carboxylic acids is 1. The first-order valence-electron chi connectivity index (χ1n) is 13.8. The van der Waals surface area contributed by atoms with Crippen LogP contribution < -0.4 is 9.46 Å². The highest BCUT2D eigenvalue weighted by atomic mass is 35.5. The van der Waals surface area contributed by atoms with Crippen molar-refractivity contribution in [3.05, 3.63) is 88.5 Å². The van der Waals surface area contributed by atoms with Crippen molar-refractivity contribution in [3.8, 4) is 17.1 Å². The van der Waals surface area contributed by atoms with Crippen LogP contribution in [-0.2, 0) is 16.6 Å². The van der Waals surface area contributed by atoms with Crippen molar-refractivity contribution in [2.75, 3.05) is 11.3 Å². The number of fused-ring (bicyclic) bond motifs is 4. The van der Waals surface area contributed by atoms with Crippen molar-refractivity contribution in [2.45, 2.75) is 58.5 Å². The van der Waals surface area contributed by atoms with Gasteiger partial charge < -0.3 is 9.64 Å². The van der Waals surface area contributed by atoms with Gasteiger partial charge in [-0.15, -0.1) is 0 Å². The normalized spacial score (nSPS) is 16.7. The van der Waals surface area contributed by atoms with Crippen molar-refractivity contribution in [2.24, 2.45) is 5.41 Å². The molecule has 0 unspecified atom stereocenters. The topological polar surface area (TPSA) is 127 Å². The number of carbonyl (C=O) groups is 1. The third-order valence-electron chi connectivity index (χ3n) is 7.02. The Morgan fingerprint density at radius 3 is 2.37 bits per heavy atom. The zero-order valence-electron chi connectivity index (χ0n) is 24.6. The maximum atomic E-state index is 14.1. The van der Waals surface area contributed by atoms with E-state index in [9.17, 15) is 13.2 Å². The zero-order valence-corrected chi connectivity index (χ0v) is 26.2. The Kier molecular flexibility index (Phi) is 8.40. The molecular formula is C31H33ClN6O4S. The fraction of sp³-hybridized carbons (Fsp3) is 0.323. The summed E-state index contributed by atoms with van der Waals surface area (Å²) in [5, 5.41) is 0.374. The highest BCUT2D eigenvalue weighted by Gasteiger charge is 2.32. The quantitative estimate of drug-likeness (QED) is 0.301. The summed E-state index contributed by atoms with van der Waals surface area (Å²) in [6.45, 7) is 10.3. The molecule has 43 heavy (non-hydrogen) atoms. The number of halogens is 1. The van der Waals surface area contributed by atoms with Crippen LogP contribution in [0.25, 0.3) is 11.3 Å². The van der Waals surface area contributed by atoms with Gasteiger partial charge in [-0.2, -0.15) is 4.98 Å². The van der Waals surface area contributed by atoms with E-state index in [-0.39, 0.29) is 46.8 Å². The molecule has 12 heteroatoms. The average molecular weight is 621 g/mol. The molecule has 10 nitrogen and oxygen atoms in total. The van der Waals surface area contributed by atoms with Gasteiger partial charge in [0.15, 0.2) is 0 Å². The van der Waals surface area contributed by atoms with Gasteiger partial charge >= 0.3 is 0 Å². The lowest BCUT2D eigenvalue weighted by atomic mass is 9.87. The molecule has 3 heterocycles. The monoisotopic (exact) mass is 620 g/mol. The average Bonchev–Trinajstić information content (AvgIpc) is 2.93. The summed E-state index contributed by atoms with van der Waals surface area (Å²) < 4.78 is 35.8. The van der Waals surface area contributed by atoms with Gasteiger partial charge in [0, 0.05) is 29.6 Å². The van der Waals surface area contributed by atoms with E-state index in [1.807, 2.05) is 32.0 Å². The molecule has 0 saturated heterocycles. The number of anilines is 1. The number of benzene rings is 2. The van der Waals surface area contributed by atoms with Gasteiger partial charge in [0.25, 0.3) is 15.9 Å². The van der Waals surface area contributed by atoms with Crippen LogP contribution in [0.5, 0.6) is 5.88 Å². The zero-order chi connectivity index (χ0) is 30.9. The summed E-state index contributed by atoms with van der Waals surface area (Å²) in [7, 11) is -4.17. The third-order valence-corrected chi connectivity index (χ3v) is 8.54. The molecule has 0 saturated carbocycles. The van der Waals surface area contributed by atoms with Crippen molar-refractivity contribution < 1.29 is 17.9 Å². The molecule has 1 atom stereocenters. The van der Waals surface area contributed by atoms with E-state index in [0.717, 1.165) is 16.7 Å². The van der Waals surface area contributed by atoms with Crippen LogP contribution in [0.3, 0.4) is 0 Å². The van der Waals surface area contributed by atoms with Crippen LogP contribution in [0.4, 0.5) is 5.95 Å². The van der Waals surface area contributed by atoms with E-state index in [4.69, 9.17) is 16.3 Å². The van der Waals surface area contributed by atoms with Crippen molar-refractivity contribution in [1.82, 2.24) is 24.8 Å². The second-order valence-corrected chi connectivity index (χ2v) is 13.9. The molecule has 0 aliphatic carbocycles. The summed E-state index contributed by atoms with van der Waals surface area (Å²) in [6.07, 6.45) is 3.51. The maximum Gasteiger partial charge on any atom is 0.264 e. The van der Waals surface area contributed by atoms with Gasteiger partial charge in [-0.3, -0.25) is 4.79 Å². The van der Waals surface area contributed by atoms with Crippen LogP contribution in [0, 0.1) is 19.3 Å². The summed E-state index contributed by atoms with van der Waals surface area (Å²) in [6, 6.07) is 13.0. The number of nitrogens with one attached hydrogen (secondary N) is 1. The van der Waals surface area contributed by atoms with Crippen molar-refractivity contribution in [3.63, 3.8) is 0 Å². The van der Waals surface area contributed by atoms with E-state index >= 15 is 0 Å². The number of aromatic nitrogens is 4. The second-order valence-electron chi connectivity index (χ2n) is 11.8. The van der Waals surface area contributed by atoms with Crippen LogP contribution in [-0.4, -0.2) is 51.8 Å². The Morgan fingerprint density at radius 1 is 1.02 bits per heavy atom. The summed E-state index contributed by atoms with van der Waals surface area (Å²) in [5.41, 5.74) is 3.29. The Morgan fingerprint density at radius 2 is 1.70 bits per heavy atom. The number of hydrogen-bond donors (Lipinski definition) is 1. The lowest BCUT2D eigenvalue weighted by Gasteiger charge is -2.35. The predicted octanol–water partition coefficient (Wildman–Crippen LogP) is 5.84. The fourth-order valence-electron chi connectivity index (χ4n) is 5.12. The molecule has 2 aromatic heterocycles. The molecular weight excluding hydrogens is 588 g/mol. The number of rotatable bonds is 4. The Bertz CT molecular complexity index is 1750. The number of nitrogens with zero attached hydrogens (tertiary/aromatic N) is 5. The molecule has 5 rings (SSSR count). The van der Waals surface area contributed by atoms with Gasteiger partial charge in [0.2, 0.25) is 11.8 Å². The minimum absolute atomic E-state index is 0.0536. The molecule has 1 aliphatic rings. The molecule has 4 aromatic rings. The summed E-state index contributed by atoms with van der Waals surface area (Å²) >= 11 is 6.02. The molecule has 4 bridgehead atoms. The van der Waals surface area contributed by atoms with Crippen LogP contribution in [0.2, 0.25) is 5.02 Å². The number of aryl methyl sites for hydroxylation is 2. The van der Waals surface area contributed by atoms with Gasteiger partial charge in [-0.25, -0.2) is 28.1 Å². The minimum atomic E-state index is -4.17. The first-order valence-corrected chi connectivity index (χ1v) is 15.6. The van der Waals surface area contributed by atoms with Gasteiger partial charge in [-0.05, 0) is 55.0 Å². The van der Waals surface area contributed by atoms with Crippen LogP contribution in [0.1, 0.15) is 54.5 Å². The molecule has 0 radical (unpaired) electrons. The van der Waals surface area contributed by atoms with Gasteiger partial charge in [-0.1, -0.05) is 56.6 Å². The van der Waals surface area contributed by atoms with Crippen molar-refractivity contribution in [1.29, 1.82) is 0 Å². The Hall–Kier alpha value is -4.09. The summed E-state index contributed by atoms with van der Waals surface area (Å²) in [5.74, 6) is 0.0325. The maximum absolute atomic E-state index is 14.1. The molecule has 2 aromatic carbocycles. The van der Waals surface area contributed by atoms with E-state index in [1.54, 1.807) is 17.0 Å². The summed E-state index contributed by atoms with van der Waals surface area (Å²) in [4.78, 5) is 33.3. The van der Waals surface area contributed by atoms with Crippen LogP contribution in [0.15, 0.2) is 65.8 Å². The fourth-order valence-corrected chi connectivity index (χ4v) is 6.21. The number of ether oxygens (including phenoxy) is 1. The van der Waals surface area contributed by atoms with Crippen molar-refractivity contribution >= 4 is 33.5 Å². The highest BCUT2D eigenvalue weighted by Crippen LogP contribution is 2.31. The van der Waals surface area contributed by atoms with E-state index in [1.165, 1.54) is 30.6 Å². The predicted molar refractivity (Wildman–Crippen MR) is 164 cm³/mol. The van der Waals surface area contributed by atoms with E-state index in [0.29, 0.717) is 23.0 Å². The van der Waals surface area contributed by atoms with Gasteiger partial charge in [0.1, 0.15) is 12.4 Å². The lowest BCUT2D eigenvalue weighted by molar-refractivity contribution is 0.0505. The Labute approximate surface area is 256 Å². The first kappa shape index (κ1) is 30.4. The standard InChI is InChI=1S/C31H33ClN6O4S/c1-19-8-6-9-20(2)28(19)25-13-27-36-30(35-25)37-43(40,41)24-11-7-10-21(12-24)29(39)38(17-26-33-15-22(32)16-34-26)23(18-42-27)14-31(3,4)5/h6-13,15-16,23H,14,17-18H2,1-5H3,(H,35,36,37)/t23-/m1/s1. The van der Waals surface area contributed by atoms with Crippen LogP contribution >= 0.6 is 11.6 Å². The number of sulfonamides is 1.